The highest BCUT2D eigenvalue weighted by Gasteiger charge is 2.32. The monoisotopic (exact) mass is 398 g/mol. The Kier molecular flexibility index (Phi) is 5.39. The van der Waals surface area contributed by atoms with Crippen LogP contribution in [-0.2, 0) is 11.8 Å². The molecule has 1 amide bonds. The van der Waals surface area contributed by atoms with Gasteiger partial charge in [0.25, 0.3) is 0 Å². The highest BCUT2D eigenvalue weighted by molar-refractivity contribution is 5.83. The molecule has 2 unspecified atom stereocenters. The van der Waals surface area contributed by atoms with E-state index in [9.17, 15) is 9.18 Å². The summed E-state index contributed by atoms with van der Waals surface area (Å²) in [7, 11) is 3.59. The molecular formula is C20H23FN6O2. The number of carbonyl (C=O) groups excluding carboxylic acids is 1. The summed E-state index contributed by atoms with van der Waals surface area (Å²) >= 11 is 0. The van der Waals surface area contributed by atoms with Crippen molar-refractivity contribution >= 4 is 5.91 Å². The van der Waals surface area contributed by atoms with E-state index in [0.717, 1.165) is 18.4 Å². The van der Waals surface area contributed by atoms with E-state index >= 15 is 0 Å². The van der Waals surface area contributed by atoms with Gasteiger partial charge in [0.1, 0.15) is 11.9 Å². The number of likely N-dealkylation sites (N-methyl/N-ethyl adjacent to an activating group) is 1. The largest absolute Gasteiger partial charge is 0.340 e. The molecule has 2 atom stereocenters. The molecule has 4 rings (SSSR count). The molecule has 1 aromatic carbocycles. The Morgan fingerprint density at radius 1 is 1.41 bits per heavy atom. The Morgan fingerprint density at radius 2 is 2.28 bits per heavy atom. The molecule has 1 N–H and O–H groups in total. The number of nitrogens with one attached hydrogen (secondary N) is 1. The maximum absolute atomic E-state index is 13.5. The number of rotatable bonds is 5. The highest BCUT2D eigenvalue weighted by atomic mass is 19.1. The first-order valence-electron chi connectivity index (χ1n) is 9.59. The van der Waals surface area contributed by atoms with Crippen LogP contribution in [0.5, 0.6) is 0 Å². The van der Waals surface area contributed by atoms with Crippen LogP contribution in [0.25, 0.3) is 11.4 Å². The normalized spacial score (nSPS) is 18.0. The van der Waals surface area contributed by atoms with Gasteiger partial charge >= 0.3 is 0 Å². The number of likely N-dealkylation sites (tertiary alicyclic amines) is 1. The average molecular weight is 398 g/mol. The van der Waals surface area contributed by atoms with Gasteiger partial charge in [-0.1, -0.05) is 17.3 Å². The van der Waals surface area contributed by atoms with Gasteiger partial charge in [0.2, 0.25) is 17.6 Å². The van der Waals surface area contributed by atoms with Crippen molar-refractivity contribution in [2.45, 2.75) is 24.8 Å². The molecule has 9 heteroatoms. The van der Waals surface area contributed by atoms with E-state index in [2.05, 4.69) is 20.6 Å². The summed E-state index contributed by atoms with van der Waals surface area (Å²) in [5.74, 6) is 0.427. The van der Waals surface area contributed by atoms with E-state index in [1.165, 1.54) is 12.1 Å². The zero-order valence-electron chi connectivity index (χ0n) is 16.4. The summed E-state index contributed by atoms with van der Waals surface area (Å²) in [5.41, 5.74) is 1.39. The molecule has 0 bridgehead atoms. The van der Waals surface area contributed by atoms with Crippen LogP contribution in [0.4, 0.5) is 4.39 Å². The van der Waals surface area contributed by atoms with Crippen LogP contribution in [0.1, 0.15) is 36.3 Å². The summed E-state index contributed by atoms with van der Waals surface area (Å²) in [6.07, 6.45) is 5.23. The first-order valence-corrected chi connectivity index (χ1v) is 9.59. The minimum atomic E-state index is -0.451. The molecule has 1 aliphatic heterocycles. The Morgan fingerprint density at radius 3 is 3.00 bits per heavy atom. The molecule has 3 aromatic rings. The summed E-state index contributed by atoms with van der Waals surface area (Å²) in [4.78, 5) is 19.4. The second-order valence-corrected chi connectivity index (χ2v) is 7.26. The summed E-state index contributed by atoms with van der Waals surface area (Å²) in [6, 6.07) is 5.64. The van der Waals surface area contributed by atoms with Gasteiger partial charge in [-0.05, 0) is 32.0 Å². The number of hydrogen-bond acceptors (Lipinski definition) is 6. The Hall–Kier alpha value is -3.07. The van der Waals surface area contributed by atoms with Gasteiger partial charge in [-0.25, -0.2) is 4.39 Å². The number of carbonyl (C=O) groups is 1. The molecule has 8 nitrogen and oxygen atoms in total. The number of halogens is 1. The van der Waals surface area contributed by atoms with Crippen molar-refractivity contribution in [1.29, 1.82) is 0 Å². The quantitative estimate of drug-likeness (QED) is 0.709. The molecule has 29 heavy (non-hydrogen) atoms. The second kappa shape index (κ2) is 8.12. The van der Waals surface area contributed by atoms with E-state index in [1.54, 1.807) is 30.1 Å². The van der Waals surface area contributed by atoms with Crippen molar-refractivity contribution in [3.8, 4) is 11.4 Å². The molecule has 152 valence electrons. The number of amides is 1. The summed E-state index contributed by atoms with van der Waals surface area (Å²) < 4.78 is 20.6. The van der Waals surface area contributed by atoms with Gasteiger partial charge < -0.3 is 14.7 Å². The lowest BCUT2D eigenvalue weighted by Gasteiger charge is -2.33. The van der Waals surface area contributed by atoms with E-state index in [4.69, 9.17) is 4.52 Å². The Balaban J connectivity index is 1.49. The van der Waals surface area contributed by atoms with Crippen molar-refractivity contribution in [2.24, 2.45) is 7.05 Å². The van der Waals surface area contributed by atoms with E-state index in [1.807, 2.05) is 18.1 Å². The van der Waals surface area contributed by atoms with Crippen LogP contribution in [-0.4, -0.2) is 50.9 Å². The zero-order valence-corrected chi connectivity index (χ0v) is 16.4. The summed E-state index contributed by atoms with van der Waals surface area (Å²) in [5, 5.41) is 11.2. The van der Waals surface area contributed by atoms with Crippen LogP contribution >= 0.6 is 0 Å². The fourth-order valence-corrected chi connectivity index (χ4v) is 3.73. The lowest BCUT2D eigenvalue weighted by molar-refractivity contribution is -0.134. The third-order valence-electron chi connectivity index (χ3n) is 5.20. The third kappa shape index (κ3) is 4.04. The maximum atomic E-state index is 13.5. The van der Waals surface area contributed by atoms with E-state index < -0.39 is 6.04 Å². The first-order chi connectivity index (χ1) is 14.0. The number of piperidine rings is 1. The molecule has 1 aliphatic rings. The SMILES string of the molecule is CNC(C(=O)N1CCCC(c2nc(-c3cccc(F)c3)no2)C1)c1cnn(C)c1. The summed E-state index contributed by atoms with van der Waals surface area (Å²) in [6.45, 7) is 1.18. The Labute approximate surface area is 167 Å². The minimum absolute atomic E-state index is 0.00457. The standard InChI is InChI=1S/C20H23FN6O2/c1-22-17(15-10-23-26(2)11-15)20(28)27-8-4-6-14(12-27)19-24-18(25-29-19)13-5-3-7-16(21)9-13/h3,5,7,9-11,14,17,22H,4,6,8,12H2,1-2H3. The van der Waals surface area contributed by atoms with Gasteiger partial charge in [0.15, 0.2) is 0 Å². The van der Waals surface area contributed by atoms with Gasteiger partial charge in [0.05, 0.1) is 12.1 Å². The van der Waals surface area contributed by atoms with E-state index in [0.29, 0.717) is 30.4 Å². The number of hydrogen-bond donors (Lipinski definition) is 1. The number of nitrogens with zero attached hydrogens (tertiary/aromatic N) is 5. The molecular weight excluding hydrogens is 375 g/mol. The van der Waals surface area contributed by atoms with Crippen molar-refractivity contribution in [3.05, 3.63) is 53.9 Å². The van der Waals surface area contributed by atoms with Crippen molar-refractivity contribution in [3.63, 3.8) is 0 Å². The minimum Gasteiger partial charge on any atom is -0.340 e. The molecule has 0 radical (unpaired) electrons. The third-order valence-corrected chi connectivity index (χ3v) is 5.20. The fourth-order valence-electron chi connectivity index (χ4n) is 3.73. The lowest BCUT2D eigenvalue weighted by Crippen LogP contribution is -2.44. The Bertz CT molecular complexity index is 1000. The molecule has 0 aliphatic carbocycles. The predicted octanol–water partition coefficient (Wildman–Crippen LogP) is 2.28. The number of aromatic nitrogens is 4. The average Bonchev–Trinajstić information content (AvgIpc) is 3.38. The van der Waals surface area contributed by atoms with Crippen molar-refractivity contribution in [2.75, 3.05) is 20.1 Å². The first kappa shape index (κ1) is 19.3. The van der Waals surface area contributed by atoms with Crippen LogP contribution < -0.4 is 5.32 Å². The van der Waals surface area contributed by atoms with Crippen LogP contribution in [0.3, 0.4) is 0 Å². The van der Waals surface area contributed by atoms with Crippen LogP contribution in [0.2, 0.25) is 0 Å². The smallest absolute Gasteiger partial charge is 0.244 e. The molecule has 0 spiro atoms. The van der Waals surface area contributed by atoms with E-state index in [-0.39, 0.29) is 17.6 Å². The number of aryl methyl sites for hydroxylation is 1. The van der Waals surface area contributed by atoms with Gasteiger partial charge in [0, 0.05) is 37.5 Å². The predicted molar refractivity (Wildman–Crippen MR) is 103 cm³/mol. The number of benzene rings is 1. The fraction of sp³-hybridized carbons (Fsp3) is 0.400. The van der Waals surface area contributed by atoms with Crippen LogP contribution in [0, 0.1) is 5.82 Å². The lowest BCUT2D eigenvalue weighted by atomic mass is 9.96. The molecule has 0 saturated carbocycles. The zero-order chi connectivity index (χ0) is 20.4. The van der Waals surface area contributed by atoms with Crippen molar-refractivity contribution < 1.29 is 13.7 Å². The van der Waals surface area contributed by atoms with Crippen LogP contribution in [0.15, 0.2) is 41.2 Å². The molecule has 2 aromatic heterocycles. The highest BCUT2D eigenvalue weighted by Crippen LogP contribution is 2.29. The maximum Gasteiger partial charge on any atom is 0.244 e. The van der Waals surface area contributed by atoms with Crippen molar-refractivity contribution in [1.82, 2.24) is 30.1 Å². The van der Waals surface area contributed by atoms with Gasteiger partial charge in [-0.2, -0.15) is 10.1 Å². The topological polar surface area (TPSA) is 89.1 Å². The van der Waals surface area contributed by atoms with Gasteiger partial charge in [-0.3, -0.25) is 9.48 Å². The molecule has 1 fully saturated rings. The molecule has 1 saturated heterocycles. The second-order valence-electron chi connectivity index (χ2n) is 7.26. The molecule has 3 heterocycles. The van der Waals surface area contributed by atoms with Gasteiger partial charge in [-0.15, -0.1) is 0 Å².